The summed E-state index contributed by atoms with van der Waals surface area (Å²) in [4.78, 5) is 0. The Morgan fingerprint density at radius 2 is 2.00 bits per heavy atom. The van der Waals surface area contributed by atoms with Gasteiger partial charge in [0.05, 0.1) is 10.0 Å². The highest BCUT2D eigenvalue weighted by Crippen LogP contribution is 2.27. The van der Waals surface area contributed by atoms with E-state index in [2.05, 4.69) is 4.72 Å². The molecule has 18 heavy (non-hydrogen) atoms. The number of rotatable bonds is 3. The van der Waals surface area contributed by atoms with E-state index in [4.69, 9.17) is 11.6 Å². The van der Waals surface area contributed by atoms with Crippen LogP contribution in [-0.4, -0.2) is 8.42 Å². The van der Waals surface area contributed by atoms with Crippen molar-refractivity contribution in [3.05, 3.63) is 46.0 Å². The molecule has 0 amide bonds. The van der Waals surface area contributed by atoms with Crippen molar-refractivity contribution in [2.45, 2.75) is 11.1 Å². The van der Waals surface area contributed by atoms with E-state index in [0.717, 1.165) is 17.4 Å². The Morgan fingerprint density at radius 1 is 1.28 bits per heavy atom. The van der Waals surface area contributed by atoms with Gasteiger partial charge in [-0.25, -0.2) is 12.8 Å². The molecule has 7 heteroatoms. The highest BCUT2D eigenvalue weighted by molar-refractivity contribution is 7.94. The number of hydrogen-bond donors (Lipinski definition) is 1. The minimum Gasteiger partial charge on any atom is -0.279 e. The topological polar surface area (TPSA) is 46.2 Å². The lowest BCUT2D eigenvalue weighted by Gasteiger charge is -2.06. The van der Waals surface area contributed by atoms with Crippen LogP contribution in [0.3, 0.4) is 0 Å². The molecule has 0 radical (unpaired) electrons. The monoisotopic (exact) mass is 305 g/mol. The summed E-state index contributed by atoms with van der Waals surface area (Å²) < 4.78 is 39.9. The summed E-state index contributed by atoms with van der Waals surface area (Å²) in [7, 11) is -3.70. The summed E-state index contributed by atoms with van der Waals surface area (Å²) in [6, 6.07) is 7.05. The van der Waals surface area contributed by atoms with Crippen LogP contribution in [-0.2, 0) is 10.0 Å². The van der Waals surface area contributed by atoms with Crippen LogP contribution >= 0.6 is 22.9 Å². The average molecular weight is 306 g/mol. The summed E-state index contributed by atoms with van der Waals surface area (Å²) >= 11 is 6.62. The van der Waals surface area contributed by atoms with Gasteiger partial charge in [-0.05, 0) is 36.8 Å². The molecule has 1 N–H and O–H groups in total. The van der Waals surface area contributed by atoms with Gasteiger partial charge >= 0.3 is 0 Å². The molecule has 0 unspecified atom stereocenters. The first-order chi connectivity index (χ1) is 8.38. The zero-order valence-corrected chi connectivity index (χ0v) is 11.7. The zero-order chi connectivity index (χ0) is 13.3. The lowest BCUT2D eigenvalue weighted by molar-refractivity contribution is 0.603. The highest BCUT2D eigenvalue weighted by atomic mass is 35.5. The predicted molar refractivity (Wildman–Crippen MR) is 71.3 cm³/mol. The number of thiophene rings is 1. The Balaban J connectivity index is 2.30. The molecule has 96 valence electrons. The van der Waals surface area contributed by atoms with E-state index in [-0.39, 0.29) is 9.90 Å². The van der Waals surface area contributed by atoms with E-state index in [9.17, 15) is 12.8 Å². The van der Waals surface area contributed by atoms with E-state index in [1.807, 2.05) is 0 Å². The first-order valence-electron chi connectivity index (χ1n) is 4.93. The molecule has 0 aliphatic rings. The van der Waals surface area contributed by atoms with Gasteiger partial charge in [-0.2, -0.15) is 0 Å². The maximum atomic E-state index is 13.3. The van der Waals surface area contributed by atoms with Gasteiger partial charge in [0.1, 0.15) is 10.0 Å². The average Bonchev–Trinajstić information content (AvgIpc) is 2.71. The third-order valence-electron chi connectivity index (χ3n) is 2.24. The van der Waals surface area contributed by atoms with Gasteiger partial charge in [0, 0.05) is 0 Å². The SMILES string of the molecule is Cc1ccc(NS(=O)(=O)c2ccc(Cl)s2)cc1F. The highest BCUT2D eigenvalue weighted by Gasteiger charge is 2.17. The second kappa shape index (κ2) is 4.87. The summed E-state index contributed by atoms with van der Waals surface area (Å²) in [5.41, 5.74) is 0.639. The lowest BCUT2D eigenvalue weighted by atomic mass is 10.2. The molecule has 2 aromatic rings. The van der Waals surface area contributed by atoms with Crippen LogP contribution in [0.4, 0.5) is 10.1 Å². The minimum atomic E-state index is -3.70. The van der Waals surface area contributed by atoms with Crippen LogP contribution in [0.5, 0.6) is 0 Å². The fourth-order valence-corrected chi connectivity index (χ4v) is 3.84. The number of hydrogen-bond acceptors (Lipinski definition) is 3. The van der Waals surface area contributed by atoms with Gasteiger partial charge in [-0.1, -0.05) is 17.7 Å². The Labute approximate surface area is 113 Å². The van der Waals surface area contributed by atoms with Crippen molar-refractivity contribution in [3.8, 4) is 0 Å². The van der Waals surface area contributed by atoms with Crippen LogP contribution in [0.25, 0.3) is 0 Å². The molecule has 0 fully saturated rings. The molecular weight excluding hydrogens is 297 g/mol. The molecule has 0 aliphatic heterocycles. The molecule has 1 heterocycles. The number of anilines is 1. The smallest absolute Gasteiger partial charge is 0.271 e. The van der Waals surface area contributed by atoms with Crippen molar-refractivity contribution in [2.24, 2.45) is 0 Å². The third kappa shape index (κ3) is 2.82. The molecule has 1 aromatic heterocycles. The molecule has 1 aromatic carbocycles. The molecule has 0 saturated heterocycles. The number of aryl methyl sites for hydroxylation is 1. The summed E-state index contributed by atoms with van der Waals surface area (Å²) in [5.74, 6) is -0.459. The standard InChI is InChI=1S/C11H9ClFNO2S2/c1-7-2-3-8(6-9(7)13)14-18(15,16)11-5-4-10(12)17-11/h2-6,14H,1H3. The number of benzene rings is 1. The van der Waals surface area contributed by atoms with E-state index in [0.29, 0.717) is 9.90 Å². The number of halogens is 2. The van der Waals surface area contributed by atoms with Gasteiger partial charge in [-0.15, -0.1) is 11.3 Å². The van der Waals surface area contributed by atoms with Gasteiger partial charge in [-0.3, -0.25) is 4.72 Å². The molecule has 0 saturated carbocycles. The fourth-order valence-electron chi connectivity index (χ4n) is 1.30. The molecular formula is C11H9ClFNO2S2. The Morgan fingerprint density at radius 3 is 2.56 bits per heavy atom. The van der Waals surface area contributed by atoms with E-state index in [1.54, 1.807) is 6.92 Å². The van der Waals surface area contributed by atoms with Crippen LogP contribution in [0.2, 0.25) is 4.34 Å². The number of nitrogens with one attached hydrogen (secondary N) is 1. The van der Waals surface area contributed by atoms with Crippen LogP contribution in [0.15, 0.2) is 34.5 Å². The van der Waals surface area contributed by atoms with Crippen molar-refractivity contribution in [1.29, 1.82) is 0 Å². The van der Waals surface area contributed by atoms with Gasteiger partial charge in [0.25, 0.3) is 10.0 Å². The molecule has 0 bridgehead atoms. The summed E-state index contributed by atoms with van der Waals surface area (Å²) in [6.45, 7) is 1.60. The van der Waals surface area contributed by atoms with Gasteiger partial charge < -0.3 is 0 Å². The van der Waals surface area contributed by atoms with Crippen LogP contribution < -0.4 is 4.72 Å². The first-order valence-corrected chi connectivity index (χ1v) is 7.60. The lowest BCUT2D eigenvalue weighted by Crippen LogP contribution is -2.11. The third-order valence-corrected chi connectivity index (χ3v) is 5.34. The van der Waals surface area contributed by atoms with Gasteiger partial charge in [0.2, 0.25) is 0 Å². The van der Waals surface area contributed by atoms with Crippen molar-refractivity contribution in [2.75, 3.05) is 4.72 Å². The Hall–Kier alpha value is -1.11. The second-order valence-electron chi connectivity index (χ2n) is 3.63. The summed E-state index contributed by atoms with van der Waals surface area (Å²) in [5, 5.41) is 0. The van der Waals surface area contributed by atoms with E-state index < -0.39 is 15.8 Å². The largest absolute Gasteiger partial charge is 0.279 e. The molecule has 3 nitrogen and oxygen atoms in total. The molecule has 0 spiro atoms. The quantitative estimate of drug-likeness (QED) is 0.941. The van der Waals surface area contributed by atoms with E-state index >= 15 is 0 Å². The van der Waals surface area contributed by atoms with Crippen LogP contribution in [0.1, 0.15) is 5.56 Å². The molecule has 2 rings (SSSR count). The fraction of sp³-hybridized carbons (Fsp3) is 0.0909. The first kappa shape index (κ1) is 13.3. The maximum Gasteiger partial charge on any atom is 0.271 e. The normalized spacial score (nSPS) is 11.5. The molecule has 0 aliphatic carbocycles. The van der Waals surface area contributed by atoms with Gasteiger partial charge in [0.15, 0.2) is 0 Å². The molecule has 0 atom stereocenters. The number of sulfonamides is 1. The van der Waals surface area contributed by atoms with Crippen molar-refractivity contribution >= 4 is 38.6 Å². The Kier molecular flexibility index (Phi) is 3.61. The van der Waals surface area contributed by atoms with E-state index in [1.165, 1.54) is 24.3 Å². The van der Waals surface area contributed by atoms with Crippen molar-refractivity contribution in [1.82, 2.24) is 0 Å². The van der Waals surface area contributed by atoms with Crippen molar-refractivity contribution in [3.63, 3.8) is 0 Å². The Bertz CT molecular complexity index is 682. The summed E-state index contributed by atoms with van der Waals surface area (Å²) in [6.07, 6.45) is 0. The van der Waals surface area contributed by atoms with Crippen molar-refractivity contribution < 1.29 is 12.8 Å². The predicted octanol–water partition coefficient (Wildman–Crippen LogP) is 3.65. The maximum absolute atomic E-state index is 13.3. The minimum absolute atomic E-state index is 0.0912. The second-order valence-corrected chi connectivity index (χ2v) is 7.25. The zero-order valence-electron chi connectivity index (χ0n) is 9.28. The van der Waals surface area contributed by atoms with Crippen LogP contribution in [0, 0.1) is 12.7 Å².